The Kier molecular flexibility index (Phi) is 5.94. The van der Waals surface area contributed by atoms with Crippen LogP contribution in [0.5, 0.6) is 0 Å². The minimum Gasteiger partial charge on any atom is -0.444 e. The number of hydrogen-bond donors (Lipinski definition) is 0. The van der Waals surface area contributed by atoms with Gasteiger partial charge in [-0.25, -0.2) is 13.2 Å². The monoisotopic (exact) mass is 379 g/mol. The SMILES string of the molecule is CC1CN(S(=O)(=O)Cc2ccc(C#N)cc2)CCN1C(=O)OC(C)(C)C. The van der Waals surface area contributed by atoms with E-state index in [-0.39, 0.29) is 24.9 Å². The van der Waals surface area contributed by atoms with Crippen LogP contribution in [0.2, 0.25) is 0 Å². The lowest BCUT2D eigenvalue weighted by molar-refractivity contribution is 0.00857. The van der Waals surface area contributed by atoms with E-state index in [4.69, 9.17) is 10.00 Å². The van der Waals surface area contributed by atoms with E-state index in [1.54, 1.807) is 49.9 Å². The average molecular weight is 379 g/mol. The van der Waals surface area contributed by atoms with Crippen LogP contribution in [0.3, 0.4) is 0 Å². The number of amides is 1. The summed E-state index contributed by atoms with van der Waals surface area (Å²) in [6, 6.07) is 8.25. The Balaban J connectivity index is 2.02. The van der Waals surface area contributed by atoms with E-state index in [2.05, 4.69) is 0 Å². The van der Waals surface area contributed by atoms with Crippen LogP contribution in [-0.2, 0) is 20.5 Å². The number of hydrogen-bond acceptors (Lipinski definition) is 5. The molecule has 26 heavy (non-hydrogen) atoms. The van der Waals surface area contributed by atoms with E-state index in [1.807, 2.05) is 13.0 Å². The number of nitriles is 1. The first-order valence-electron chi connectivity index (χ1n) is 8.48. The van der Waals surface area contributed by atoms with Crippen LogP contribution in [-0.4, -0.2) is 55.0 Å². The molecule has 0 bridgehead atoms. The van der Waals surface area contributed by atoms with Crippen molar-refractivity contribution < 1.29 is 17.9 Å². The number of carbonyl (C=O) groups excluding carboxylic acids is 1. The van der Waals surface area contributed by atoms with E-state index in [0.29, 0.717) is 17.7 Å². The van der Waals surface area contributed by atoms with Gasteiger partial charge >= 0.3 is 6.09 Å². The van der Waals surface area contributed by atoms with Crippen LogP contribution in [0.15, 0.2) is 24.3 Å². The van der Waals surface area contributed by atoms with Crippen molar-refractivity contribution in [2.45, 2.75) is 45.1 Å². The Morgan fingerprint density at radius 3 is 2.38 bits per heavy atom. The Bertz CT molecular complexity index is 791. The molecule has 0 aliphatic carbocycles. The highest BCUT2D eigenvalue weighted by molar-refractivity contribution is 7.88. The van der Waals surface area contributed by atoms with Crippen molar-refractivity contribution in [3.05, 3.63) is 35.4 Å². The molecule has 0 spiro atoms. The molecule has 1 aliphatic rings. The van der Waals surface area contributed by atoms with Crippen molar-refractivity contribution in [1.29, 1.82) is 5.26 Å². The summed E-state index contributed by atoms with van der Waals surface area (Å²) in [7, 11) is -3.50. The molecule has 0 N–H and O–H groups in total. The molecule has 8 heteroatoms. The first-order valence-corrected chi connectivity index (χ1v) is 10.1. The van der Waals surface area contributed by atoms with Gasteiger partial charge in [0.1, 0.15) is 5.60 Å². The third kappa shape index (κ3) is 5.19. The van der Waals surface area contributed by atoms with Crippen LogP contribution >= 0.6 is 0 Å². The Morgan fingerprint density at radius 1 is 1.27 bits per heavy atom. The molecule has 1 atom stereocenters. The number of carbonyl (C=O) groups is 1. The van der Waals surface area contributed by atoms with Gasteiger partial charge in [-0.2, -0.15) is 9.57 Å². The predicted molar refractivity (Wildman–Crippen MR) is 97.8 cm³/mol. The molecule has 1 unspecified atom stereocenters. The van der Waals surface area contributed by atoms with Gasteiger partial charge in [-0.3, -0.25) is 0 Å². The number of sulfonamides is 1. The van der Waals surface area contributed by atoms with Crippen LogP contribution in [0.4, 0.5) is 4.79 Å². The van der Waals surface area contributed by atoms with Gasteiger partial charge in [-0.1, -0.05) is 12.1 Å². The third-order valence-corrected chi connectivity index (χ3v) is 5.86. The quantitative estimate of drug-likeness (QED) is 0.804. The molecule has 0 radical (unpaired) electrons. The molecular formula is C18H25N3O4S. The molecule has 1 aromatic rings. The van der Waals surface area contributed by atoms with Crippen molar-refractivity contribution in [2.24, 2.45) is 0 Å². The van der Waals surface area contributed by atoms with Gasteiger partial charge in [-0.05, 0) is 45.4 Å². The summed E-state index contributed by atoms with van der Waals surface area (Å²) in [5.41, 5.74) is 0.534. The van der Waals surface area contributed by atoms with Crippen molar-refractivity contribution in [1.82, 2.24) is 9.21 Å². The lowest BCUT2D eigenvalue weighted by Crippen LogP contribution is -2.56. The van der Waals surface area contributed by atoms with Crippen molar-refractivity contribution in [3.63, 3.8) is 0 Å². The fraction of sp³-hybridized carbons (Fsp3) is 0.556. The van der Waals surface area contributed by atoms with Crippen molar-refractivity contribution in [3.8, 4) is 6.07 Å². The summed E-state index contributed by atoms with van der Waals surface area (Å²) in [6.07, 6.45) is -0.422. The highest BCUT2D eigenvalue weighted by Crippen LogP contribution is 2.19. The zero-order valence-electron chi connectivity index (χ0n) is 15.6. The van der Waals surface area contributed by atoms with Gasteiger partial charge in [0.15, 0.2) is 0 Å². The van der Waals surface area contributed by atoms with E-state index in [9.17, 15) is 13.2 Å². The average Bonchev–Trinajstić information content (AvgIpc) is 2.53. The number of piperazine rings is 1. The van der Waals surface area contributed by atoms with E-state index < -0.39 is 21.7 Å². The summed E-state index contributed by atoms with van der Waals surface area (Å²) in [5.74, 6) is -0.127. The molecule has 1 saturated heterocycles. The van der Waals surface area contributed by atoms with Crippen molar-refractivity contribution >= 4 is 16.1 Å². The number of ether oxygens (including phenoxy) is 1. The maximum Gasteiger partial charge on any atom is 0.410 e. The number of rotatable bonds is 3. The summed E-state index contributed by atoms with van der Waals surface area (Å²) in [4.78, 5) is 13.8. The topological polar surface area (TPSA) is 90.7 Å². The van der Waals surface area contributed by atoms with Crippen LogP contribution in [0.25, 0.3) is 0 Å². The second-order valence-corrected chi connectivity index (χ2v) is 9.41. The van der Waals surface area contributed by atoms with Crippen LogP contribution < -0.4 is 0 Å². The normalized spacial score (nSPS) is 19.0. The van der Waals surface area contributed by atoms with Gasteiger partial charge in [0.2, 0.25) is 10.0 Å². The molecule has 1 aliphatic heterocycles. The highest BCUT2D eigenvalue weighted by Gasteiger charge is 2.35. The minimum absolute atomic E-state index is 0.127. The van der Waals surface area contributed by atoms with Gasteiger partial charge in [0, 0.05) is 25.7 Å². The van der Waals surface area contributed by atoms with E-state index >= 15 is 0 Å². The maximum atomic E-state index is 12.7. The molecule has 1 amide bonds. The summed E-state index contributed by atoms with van der Waals surface area (Å²) in [5, 5.41) is 8.82. The highest BCUT2D eigenvalue weighted by atomic mass is 32.2. The summed E-state index contributed by atoms with van der Waals surface area (Å²) < 4.78 is 32.2. The summed E-state index contributed by atoms with van der Waals surface area (Å²) >= 11 is 0. The molecule has 1 fully saturated rings. The summed E-state index contributed by atoms with van der Waals surface area (Å²) in [6.45, 7) is 7.98. The molecule has 7 nitrogen and oxygen atoms in total. The fourth-order valence-electron chi connectivity index (χ4n) is 2.75. The Labute approximate surface area is 155 Å². The molecule has 1 aromatic carbocycles. The maximum absolute atomic E-state index is 12.7. The zero-order valence-corrected chi connectivity index (χ0v) is 16.4. The second kappa shape index (κ2) is 7.64. The molecule has 0 aromatic heterocycles. The standard InChI is InChI=1S/C18H25N3O4S/c1-14-12-20(9-10-21(14)17(22)25-18(2,3)4)26(23,24)13-16-7-5-15(11-19)6-8-16/h5-8,14H,9-10,12-13H2,1-4H3. The molecular weight excluding hydrogens is 354 g/mol. The molecule has 1 heterocycles. The van der Waals surface area contributed by atoms with Gasteiger partial charge in [0.05, 0.1) is 17.4 Å². The van der Waals surface area contributed by atoms with Gasteiger partial charge in [0.25, 0.3) is 0 Å². The van der Waals surface area contributed by atoms with E-state index in [0.717, 1.165) is 0 Å². The van der Waals surface area contributed by atoms with Crippen molar-refractivity contribution in [2.75, 3.05) is 19.6 Å². The van der Waals surface area contributed by atoms with Gasteiger partial charge in [-0.15, -0.1) is 0 Å². The minimum atomic E-state index is -3.50. The fourth-order valence-corrected chi connectivity index (χ4v) is 4.35. The second-order valence-electron chi connectivity index (χ2n) is 7.45. The first-order chi connectivity index (χ1) is 12.0. The van der Waals surface area contributed by atoms with Gasteiger partial charge < -0.3 is 9.64 Å². The van der Waals surface area contributed by atoms with Crippen LogP contribution in [0.1, 0.15) is 38.8 Å². The molecule has 0 saturated carbocycles. The van der Waals surface area contributed by atoms with Crippen LogP contribution in [0, 0.1) is 11.3 Å². The van der Waals surface area contributed by atoms with E-state index in [1.165, 1.54) is 4.31 Å². The predicted octanol–water partition coefficient (Wildman–Crippen LogP) is 2.33. The smallest absolute Gasteiger partial charge is 0.410 e. The lowest BCUT2D eigenvalue weighted by atomic mass is 10.2. The number of benzene rings is 1. The largest absolute Gasteiger partial charge is 0.444 e. The molecule has 142 valence electrons. The Morgan fingerprint density at radius 2 is 1.88 bits per heavy atom. The Hall–Kier alpha value is -2.11. The third-order valence-electron chi connectivity index (χ3n) is 4.04. The zero-order chi connectivity index (χ0) is 19.5. The number of nitrogens with zero attached hydrogens (tertiary/aromatic N) is 3. The lowest BCUT2D eigenvalue weighted by Gasteiger charge is -2.39. The first kappa shape index (κ1) is 20.2. The molecule has 2 rings (SSSR count).